The Morgan fingerprint density at radius 3 is 2.95 bits per heavy atom. The van der Waals surface area contributed by atoms with E-state index in [-0.39, 0.29) is 5.91 Å². The molecule has 0 saturated carbocycles. The Hall–Kier alpha value is -1.55. The lowest BCUT2D eigenvalue weighted by Gasteiger charge is -2.37. The summed E-state index contributed by atoms with van der Waals surface area (Å²) < 4.78 is 0. The van der Waals surface area contributed by atoms with E-state index in [4.69, 9.17) is 5.84 Å². The number of fused-ring (bicyclic) bond motifs is 1. The van der Waals surface area contributed by atoms with Gasteiger partial charge in [-0.1, -0.05) is 24.6 Å². The lowest BCUT2D eigenvalue weighted by atomic mass is 9.96. The normalized spacial score (nSPS) is 17.7. The molecule has 4 nitrogen and oxygen atoms in total. The average Bonchev–Trinajstić information content (AvgIpc) is 2.48. The van der Waals surface area contributed by atoms with E-state index in [9.17, 15) is 4.79 Å². The van der Waals surface area contributed by atoms with Crippen LogP contribution >= 0.6 is 0 Å². The summed E-state index contributed by atoms with van der Waals surface area (Å²) in [7, 11) is 0. The molecule has 0 spiro atoms. The van der Waals surface area contributed by atoms with Crippen LogP contribution in [0.1, 0.15) is 44.6 Å². The van der Waals surface area contributed by atoms with Gasteiger partial charge in [0.2, 0.25) is 5.91 Å². The number of aryl methyl sites for hydroxylation is 1. The van der Waals surface area contributed by atoms with Crippen LogP contribution in [-0.2, 0) is 11.2 Å². The molecule has 1 aromatic rings. The number of nitrogens with zero attached hydrogens (tertiary/aromatic N) is 1. The molecule has 0 aliphatic carbocycles. The summed E-state index contributed by atoms with van der Waals surface area (Å²) in [6.07, 6.45) is 6.04. The Morgan fingerprint density at radius 1 is 1.35 bits per heavy atom. The highest BCUT2D eigenvalue weighted by Crippen LogP contribution is 2.30. The van der Waals surface area contributed by atoms with Gasteiger partial charge in [0.15, 0.2) is 0 Å². The van der Waals surface area contributed by atoms with Gasteiger partial charge in [0.1, 0.15) is 0 Å². The first-order valence-electron chi connectivity index (χ1n) is 7.56. The van der Waals surface area contributed by atoms with Crippen LogP contribution in [0.3, 0.4) is 0 Å². The van der Waals surface area contributed by atoms with E-state index in [1.54, 1.807) is 0 Å². The second-order valence-electron chi connectivity index (χ2n) is 5.59. The van der Waals surface area contributed by atoms with Crippen molar-refractivity contribution in [3.8, 4) is 0 Å². The summed E-state index contributed by atoms with van der Waals surface area (Å²) in [5.74, 6) is 5.00. The predicted molar refractivity (Wildman–Crippen MR) is 82.4 cm³/mol. The molecule has 1 amide bonds. The van der Waals surface area contributed by atoms with E-state index in [0.29, 0.717) is 12.5 Å². The van der Waals surface area contributed by atoms with Crippen LogP contribution in [0.15, 0.2) is 24.3 Å². The molecule has 0 aromatic heterocycles. The standard InChI is InChI=1S/C16H25N3O/c1-13-10-11-14-7-4-5-8-15(14)19(13)12-6-2-3-9-16(20)18-17/h4-5,7-8,13H,2-3,6,9-12,17H2,1H3,(H,18,20). The van der Waals surface area contributed by atoms with Crippen molar-refractivity contribution < 1.29 is 4.79 Å². The Morgan fingerprint density at radius 2 is 2.15 bits per heavy atom. The number of hydrogen-bond donors (Lipinski definition) is 2. The van der Waals surface area contributed by atoms with E-state index >= 15 is 0 Å². The van der Waals surface area contributed by atoms with Crippen LogP contribution in [-0.4, -0.2) is 18.5 Å². The second-order valence-corrected chi connectivity index (χ2v) is 5.59. The number of amides is 1. The second kappa shape index (κ2) is 7.29. The number of carbonyl (C=O) groups is 1. The quantitative estimate of drug-likeness (QED) is 0.363. The zero-order valence-corrected chi connectivity index (χ0v) is 12.3. The van der Waals surface area contributed by atoms with Gasteiger partial charge in [0.05, 0.1) is 0 Å². The van der Waals surface area contributed by atoms with Gasteiger partial charge < -0.3 is 4.90 Å². The predicted octanol–water partition coefficient (Wildman–Crippen LogP) is 2.38. The number of hydrogen-bond acceptors (Lipinski definition) is 3. The Bertz CT molecular complexity index is 447. The monoisotopic (exact) mass is 275 g/mol. The largest absolute Gasteiger partial charge is 0.369 e. The minimum absolute atomic E-state index is 0.0679. The molecule has 1 aliphatic heterocycles. The van der Waals surface area contributed by atoms with Gasteiger partial charge in [-0.3, -0.25) is 10.2 Å². The first kappa shape index (κ1) is 14.9. The fraction of sp³-hybridized carbons (Fsp3) is 0.562. The van der Waals surface area contributed by atoms with Gasteiger partial charge >= 0.3 is 0 Å². The van der Waals surface area contributed by atoms with E-state index in [1.807, 2.05) is 0 Å². The molecule has 110 valence electrons. The van der Waals surface area contributed by atoms with Crippen molar-refractivity contribution in [3.05, 3.63) is 29.8 Å². The van der Waals surface area contributed by atoms with Crippen LogP contribution in [0.4, 0.5) is 5.69 Å². The number of para-hydroxylation sites is 1. The number of benzene rings is 1. The number of unbranched alkanes of at least 4 members (excludes halogenated alkanes) is 2. The molecule has 1 atom stereocenters. The maximum absolute atomic E-state index is 11.0. The molecular weight excluding hydrogens is 250 g/mol. The van der Waals surface area contributed by atoms with Gasteiger partial charge in [-0.15, -0.1) is 0 Å². The van der Waals surface area contributed by atoms with Gasteiger partial charge in [0, 0.05) is 24.7 Å². The highest BCUT2D eigenvalue weighted by atomic mass is 16.2. The third kappa shape index (κ3) is 3.73. The summed E-state index contributed by atoms with van der Waals surface area (Å²) >= 11 is 0. The lowest BCUT2D eigenvalue weighted by molar-refractivity contribution is -0.121. The summed E-state index contributed by atoms with van der Waals surface area (Å²) in [6, 6.07) is 9.32. The number of rotatable bonds is 6. The highest BCUT2D eigenvalue weighted by molar-refractivity contribution is 5.75. The molecule has 1 unspecified atom stereocenters. The Kier molecular flexibility index (Phi) is 5.41. The third-order valence-electron chi connectivity index (χ3n) is 4.13. The first-order chi connectivity index (χ1) is 9.72. The third-order valence-corrected chi connectivity index (χ3v) is 4.13. The van der Waals surface area contributed by atoms with Crippen LogP contribution in [0.2, 0.25) is 0 Å². The minimum atomic E-state index is -0.0679. The van der Waals surface area contributed by atoms with E-state index in [2.05, 4.69) is 41.5 Å². The zero-order chi connectivity index (χ0) is 14.4. The molecule has 20 heavy (non-hydrogen) atoms. The summed E-state index contributed by atoms with van der Waals surface area (Å²) in [4.78, 5) is 13.6. The smallest absolute Gasteiger partial charge is 0.233 e. The van der Waals surface area contributed by atoms with Crippen molar-refractivity contribution >= 4 is 11.6 Å². The topological polar surface area (TPSA) is 58.4 Å². The number of hydrazine groups is 1. The first-order valence-corrected chi connectivity index (χ1v) is 7.56. The Balaban J connectivity index is 1.82. The van der Waals surface area contributed by atoms with Crippen molar-refractivity contribution in [2.24, 2.45) is 5.84 Å². The van der Waals surface area contributed by atoms with Gasteiger partial charge in [-0.05, 0) is 44.2 Å². The average molecular weight is 275 g/mol. The molecule has 0 bridgehead atoms. The van der Waals surface area contributed by atoms with Crippen LogP contribution in [0.5, 0.6) is 0 Å². The SMILES string of the molecule is CC1CCc2ccccc2N1CCCCCC(=O)NN. The molecule has 2 rings (SSSR count). The van der Waals surface area contributed by atoms with Gasteiger partial charge in [0.25, 0.3) is 0 Å². The highest BCUT2D eigenvalue weighted by Gasteiger charge is 2.21. The number of carbonyl (C=O) groups excluding carboxylic acids is 1. The molecule has 3 N–H and O–H groups in total. The molecule has 0 radical (unpaired) electrons. The van der Waals surface area contributed by atoms with Crippen molar-refractivity contribution in [1.82, 2.24) is 5.43 Å². The van der Waals surface area contributed by atoms with Crippen LogP contribution < -0.4 is 16.2 Å². The maximum atomic E-state index is 11.0. The molecule has 1 aromatic carbocycles. The van der Waals surface area contributed by atoms with Crippen molar-refractivity contribution in [2.75, 3.05) is 11.4 Å². The summed E-state index contributed by atoms with van der Waals surface area (Å²) in [5, 5.41) is 0. The fourth-order valence-electron chi connectivity index (χ4n) is 2.92. The lowest BCUT2D eigenvalue weighted by Crippen LogP contribution is -2.38. The molecule has 0 fully saturated rings. The van der Waals surface area contributed by atoms with Crippen LogP contribution in [0.25, 0.3) is 0 Å². The maximum Gasteiger partial charge on any atom is 0.233 e. The molecule has 0 saturated heterocycles. The minimum Gasteiger partial charge on any atom is -0.369 e. The van der Waals surface area contributed by atoms with Crippen LogP contribution in [0, 0.1) is 0 Å². The zero-order valence-electron chi connectivity index (χ0n) is 12.3. The summed E-state index contributed by atoms with van der Waals surface area (Å²) in [5.41, 5.74) is 5.04. The summed E-state index contributed by atoms with van der Waals surface area (Å²) in [6.45, 7) is 3.38. The molecule has 4 heteroatoms. The number of nitrogens with one attached hydrogen (secondary N) is 1. The van der Waals surface area contributed by atoms with E-state index in [0.717, 1.165) is 25.8 Å². The van der Waals surface area contributed by atoms with E-state index < -0.39 is 0 Å². The fourth-order valence-corrected chi connectivity index (χ4v) is 2.92. The van der Waals surface area contributed by atoms with Gasteiger partial charge in [-0.25, -0.2) is 5.84 Å². The van der Waals surface area contributed by atoms with Crippen molar-refractivity contribution in [1.29, 1.82) is 0 Å². The molecule has 1 heterocycles. The van der Waals surface area contributed by atoms with Crippen molar-refractivity contribution in [2.45, 2.75) is 51.5 Å². The number of nitrogens with two attached hydrogens (primary N) is 1. The Labute approximate surface area is 121 Å². The van der Waals surface area contributed by atoms with Gasteiger partial charge in [-0.2, -0.15) is 0 Å². The number of anilines is 1. The van der Waals surface area contributed by atoms with Crippen molar-refractivity contribution in [3.63, 3.8) is 0 Å². The molecule has 1 aliphatic rings. The van der Waals surface area contributed by atoms with E-state index in [1.165, 1.54) is 24.1 Å². The molecular formula is C16H25N3O.